The van der Waals surface area contributed by atoms with Crippen LogP contribution in [0.1, 0.15) is 17.0 Å². The minimum absolute atomic E-state index is 0.0111. The van der Waals surface area contributed by atoms with Crippen LogP contribution in [0.2, 0.25) is 0 Å². The first-order chi connectivity index (χ1) is 20.0. The number of amides is 2. The number of sulfonamides is 1. The van der Waals surface area contributed by atoms with Crippen LogP contribution in [-0.4, -0.2) is 81.8 Å². The number of methoxy groups -OCH3 is 2. The number of carbonyl (C=O) groups excluding carboxylic acids is 1. The fourth-order valence-electron chi connectivity index (χ4n) is 4.46. The van der Waals surface area contributed by atoms with Gasteiger partial charge in [0.15, 0.2) is 4.90 Å². The van der Waals surface area contributed by atoms with E-state index in [1.54, 1.807) is 18.2 Å². The Labute approximate surface area is 238 Å². The van der Waals surface area contributed by atoms with Crippen molar-refractivity contribution in [2.45, 2.75) is 43.2 Å². The van der Waals surface area contributed by atoms with Gasteiger partial charge in [-0.25, -0.2) is 17.9 Å². The fraction of sp³-hybridized carbons (Fsp3) is 0.333. The van der Waals surface area contributed by atoms with Gasteiger partial charge >= 0.3 is 6.09 Å². The van der Waals surface area contributed by atoms with E-state index < -0.39 is 62.8 Å². The number of aliphatic hydroxyl groups excluding tert-OH is 1. The lowest BCUT2D eigenvalue weighted by Gasteiger charge is -2.46. The standard InChI is InChI=1S/C24H27N7O10S/c1-40-15-8-7-14(20(9-15)41-2)11-29-19(22(23(29)33)26-24(34)35)12-30-27-16(17(13-32)28-30)10-25-42(38,39)21-6-4-3-5-18(21)31(36)37/h3-9,19,22,25-26,32H,10-13H2,1-2H3,(H,34,35)/t19-,22+/m1/s1. The van der Waals surface area contributed by atoms with Gasteiger partial charge in [0.05, 0.1) is 44.9 Å². The van der Waals surface area contributed by atoms with Crippen LogP contribution in [0.25, 0.3) is 0 Å². The smallest absolute Gasteiger partial charge is 0.405 e. The van der Waals surface area contributed by atoms with Gasteiger partial charge in [-0.05, 0) is 18.2 Å². The zero-order chi connectivity index (χ0) is 30.6. The molecule has 1 saturated heterocycles. The number of nitro benzene ring substituents is 1. The van der Waals surface area contributed by atoms with Gasteiger partial charge in [-0.3, -0.25) is 14.9 Å². The molecule has 224 valence electrons. The van der Waals surface area contributed by atoms with E-state index in [2.05, 4.69) is 20.2 Å². The summed E-state index contributed by atoms with van der Waals surface area (Å²) in [7, 11) is -1.40. The molecule has 1 aromatic heterocycles. The van der Waals surface area contributed by atoms with Crippen molar-refractivity contribution in [3.8, 4) is 11.5 Å². The van der Waals surface area contributed by atoms with Crippen molar-refractivity contribution in [2.75, 3.05) is 14.2 Å². The number of benzene rings is 2. The van der Waals surface area contributed by atoms with Crippen molar-refractivity contribution in [1.29, 1.82) is 0 Å². The van der Waals surface area contributed by atoms with E-state index >= 15 is 0 Å². The largest absolute Gasteiger partial charge is 0.497 e. The number of hydrogen-bond donors (Lipinski definition) is 4. The molecular weight excluding hydrogens is 578 g/mol. The Kier molecular flexibility index (Phi) is 8.88. The number of hydrogen-bond acceptors (Lipinski definition) is 11. The monoisotopic (exact) mass is 605 g/mol. The second kappa shape index (κ2) is 12.4. The third kappa shape index (κ3) is 6.24. The molecule has 4 rings (SSSR count). The number of rotatable bonds is 13. The van der Waals surface area contributed by atoms with Gasteiger partial charge in [0.2, 0.25) is 15.9 Å². The number of nitrogens with one attached hydrogen (secondary N) is 2. The van der Waals surface area contributed by atoms with E-state index in [1.807, 2.05) is 0 Å². The summed E-state index contributed by atoms with van der Waals surface area (Å²) in [5.41, 5.74) is 0.0460. The molecular formula is C24H27N7O10S. The van der Waals surface area contributed by atoms with Gasteiger partial charge in [0.1, 0.15) is 28.9 Å². The minimum atomic E-state index is -4.35. The molecule has 2 atom stereocenters. The Morgan fingerprint density at radius 1 is 1.14 bits per heavy atom. The highest BCUT2D eigenvalue weighted by Crippen LogP contribution is 2.31. The van der Waals surface area contributed by atoms with Crippen LogP contribution in [0, 0.1) is 10.1 Å². The summed E-state index contributed by atoms with van der Waals surface area (Å²) in [4.78, 5) is 36.7. The Balaban J connectivity index is 1.55. The number of carbonyl (C=O) groups is 2. The topological polar surface area (TPSA) is 228 Å². The van der Waals surface area contributed by atoms with Gasteiger partial charge in [-0.2, -0.15) is 15.0 Å². The van der Waals surface area contributed by atoms with Crippen LogP contribution in [0.3, 0.4) is 0 Å². The molecule has 18 heteroatoms. The first-order valence-corrected chi connectivity index (χ1v) is 13.7. The molecule has 0 radical (unpaired) electrons. The van der Waals surface area contributed by atoms with Crippen molar-refractivity contribution in [3.05, 3.63) is 69.5 Å². The highest BCUT2D eigenvalue weighted by atomic mass is 32.2. The van der Waals surface area contributed by atoms with E-state index in [1.165, 1.54) is 31.3 Å². The molecule has 2 heterocycles. The van der Waals surface area contributed by atoms with E-state index in [0.29, 0.717) is 17.1 Å². The molecule has 1 aliphatic heterocycles. The first kappa shape index (κ1) is 30.2. The lowest BCUT2D eigenvalue weighted by Crippen LogP contribution is -2.71. The summed E-state index contributed by atoms with van der Waals surface area (Å²) in [5.74, 6) is 0.491. The highest BCUT2D eigenvalue weighted by molar-refractivity contribution is 7.89. The molecule has 0 bridgehead atoms. The molecule has 0 unspecified atom stereocenters. The lowest BCUT2D eigenvalue weighted by molar-refractivity contribution is -0.387. The number of aliphatic hydroxyl groups is 1. The number of para-hydroxylation sites is 1. The highest BCUT2D eigenvalue weighted by Gasteiger charge is 2.49. The second-order valence-electron chi connectivity index (χ2n) is 8.99. The summed E-state index contributed by atoms with van der Waals surface area (Å²) < 4.78 is 38.4. The number of carboxylic acid groups (broad SMARTS) is 1. The Hall–Kier alpha value is -4.81. The molecule has 0 aliphatic carbocycles. The van der Waals surface area contributed by atoms with Gasteiger partial charge in [-0.15, -0.1) is 0 Å². The number of aromatic nitrogens is 3. The van der Waals surface area contributed by atoms with Crippen molar-refractivity contribution >= 4 is 27.7 Å². The average molecular weight is 606 g/mol. The van der Waals surface area contributed by atoms with Crippen molar-refractivity contribution in [1.82, 2.24) is 29.9 Å². The van der Waals surface area contributed by atoms with Crippen LogP contribution in [0.4, 0.5) is 10.5 Å². The first-order valence-electron chi connectivity index (χ1n) is 12.3. The third-order valence-electron chi connectivity index (χ3n) is 6.53. The van der Waals surface area contributed by atoms with Crippen LogP contribution in [0.15, 0.2) is 47.4 Å². The minimum Gasteiger partial charge on any atom is -0.497 e. The van der Waals surface area contributed by atoms with Gasteiger partial charge in [0.25, 0.3) is 5.69 Å². The SMILES string of the molecule is COc1ccc(CN2C(=O)[C@@H](NC(=O)O)[C@H]2Cn2nc(CO)c(CNS(=O)(=O)c3ccccc3[N+](=O)[O-])n2)c(OC)c1. The molecule has 3 aromatic rings. The number of ether oxygens (including phenoxy) is 2. The van der Waals surface area contributed by atoms with Crippen LogP contribution in [0.5, 0.6) is 11.5 Å². The molecule has 42 heavy (non-hydrogen) atoms. The summed E-state index contributed by atoms with van der Waals surface area (Å²) in [6, 6.07) is 7.97. The molecule has 4 N–H and O–H groups in total. The maximum atomic E-state index is 12.9. The van der Waals surface area contributed by atoms with E-state index in [-0.39, 0.29) is 24.5 Å². The van der Waals surface area contributed by atoms with Crippen molar-refractivity contribution < 1.29 is 42.6 Å². The predicted molar refractivity (Wildman–Crippen MR) is 142 cm³/mol. The fourth-order valence-corrected chi connectivity index (χ4v) is 5.62. The summed E-state index contributed by atoms with van der Waals surface area (Å²) in [5, 5.41) is 40.9. The van der Waals surface area contributed by atoms with E-state index in [4.69, 9.17) is 9.47 Å². The van der Waals surface area contributed by atoms with Crippen molar-refractivity contribution in [3.63, 3.8) is 0 Å². The Morgan fingerprint density at radius 2 is 1.86 bits per heavy atom. The molecule has 1 fully saturated rings. The summed E-state index contributed by atoms with van der Waals surface area (Å²) in [6.07, 6.45) is -1.41. The molecule has 1 aliphatic rings. The van der Waals surface area contributed by atoms with Crippen LogP contribution < -0.4 is 19.5 Å². The molecule has 2 amide bonds. The Morgan fingerprint density at radius 3 is 2.50 bits per heavy atom. The maximum absolute atomic E-state index is 12.9. The maximum Gasteiger partial charge on any atom is 0.405 e. The number of likely N-dealkylation sites (tertiary alicyclic amines) is 1. The number of nitrogens with zero attached hydrogens (tertiary/aromatic N) is 5. The van der Waals surface area contributed by atoms with Crippen molar-refractivity contribution in [2.24, 2.45) is 0 Å². The lowest BCUT2D eigenvalue weighted by atomic mass is 9.94. The summed E-state index contributed by atoms with van der Waals surface area (Å²) >= 11 is 0. The van der Waals surface area contributed by atoms with Gasteiger partial charge in [-0.1, -0.05) is 12.1 Å². The van der Waals surface area contributed by atoms with Crippen LogP contribution >= 0.6 is 0 Å². The molecule has 0 spiro atoms. The summed E-state index contributed by atoms with van der Waals surface area (Å²) in [6.45, 7) is -1.13. The van der Waals surface area contributed by atoms with Crippen LogP contribution in [-0.2, 0) is 41.1 Å². The molecule has 0 saturated carbocycles. The third-order valence-corrected chi connectivity index (χ3v) is 7.98. The zero-order valence-electron chi connectivity index (χ0n) is 22.3. The molecule has 17 nitrogen and oxygen atoms in total. The Bertz CT molecular complexity index is 1610. The second-order valence-corrected chi connectivity index (χ2v) is 10.7. The van der Waals surface area contributed by atoms with E-state index in [0.717, 1.165) is 16.9 Å². The predicted octanol–water partition coefficient (Wildman–Crippen LogP) is 0.222. The average Bonchev–Trinajstić information content (AvgIpc) is 3.38. The number of nitro groups is 1. The van der Waals surface area contributed by atoms with E-state index in [9.17, 15) is 38.3 Å². The van der Waals surface area contributed by atoms with Gasteiger partial charge < -0.3 is 29.9 Å². The normalized spacial score (nSPS) is 16.5. The quantitative estimate of drug-likeness (QED) is 0.117. The number of β-lactam (4-membered cyclic amide) rings is 1. The van der Waals surface area contributed by atoms with Gasteiger partial charge in [0, 0.05) is 24.2 Å². The molecule has 2 aromatic carbocycles. The zero-order valence-corrected chi connectivity index (χ0v) is 23.1.